The zero-order valence-corrected chi connectivity index (χ0v) is 11.0. The molecular weight excluding hydrogens is 236 g/mol. The van der Waals surface area contributed by atoms with Gasteiger partial charge in [0, 0.05) is 6.07 Å². The maximum Gasteiger partial charge on any atom is 0.311 e. The third-order valence-electron chi connectivity index (χ3n) is 2.76. The van der Waals surface area contributed by atoms with Gasteiger partial charge in [0.1, 0.15) is 11.5 Å². The maximum atomic E-state index is 11.4. The van der Waals surface area contributed by atoms with Crippen LogP contribution in [0.1, 0.15) is 18.6 Å². The molecule has 18 heavy (non-hydrogen) atoms. The van der Waals surface area contributed by atoms with Crippen LogP contribution in [-0.2, 0) is 9.53 Å². The van der Waals surface area contributed by atoms with Crippen LogP contribution in [0, 0.1) is 5.92 Å². The van der Waals surface area contributed by atoms with Crippen LogP contribution < -0.4 is 9.47 Å². The number of aliphatic hydroxyl groups is 1. The van der Waals surface area contributed by atoms with Crippen molar-refractivity contribution in [3.8, 4) is 11.5 Å². The molecule has 0 aliphatic rings. The standard InChI is InChI=1S/C13H18O5/c1-8(13(15)18-4)12(14)9-5-10(16-2)7-11(6-9)17-3/h5-8,12,14H,1-4H3. The van der Waals surface area contributed by atoms with E-state index in [9.17, 15) is 9.90 Å². The summed E-state index contributed by atoms with van der Waals surface area (Å²) in [5.74, 6) is -0.0166. The molecule has 0 amide bonds. The van der Waals surface area contributed by atoms with Gasteiger partial charge >= 0.3 is 5.97 Å². The first-order chi connectivity index (χ1) is 8.53. The van der Waals surface area contributed by atoms with Crippen LogP contribution in [0.2, 0.25) is 0 Å². The monoisotopic (exact) mass is 254 g/mol. The molecule has 2 atom stereocenters. The summed E-state index contributed by atoms with van der Waals surface area (Å²) < 4.78 is 14.8. The van der Waals surface area contributed by atoms with Crippen LogP contribution in [0.5, 0.6) is 11.5 Å². The minimum Gasteiger partial charge on any atom is -0.497 e. The number of benzene rings is 1. The molecule has 0 heterocycles. The molecule has 1 rings (SSSR count). The van der Waals surface area contributed by atoms with Crippen LogP contribution >= 0.6 is 0 Å². The topological polar surface area (TPSA) is 65.0 Å². The highest BCUT2D eigenvalue weighted by atomic mass is 16.5. The molecule has 2 unspecified atom stereocenters. The van der Waals surface area contributed by atoms with Crippen molar-refractivity contribution in [1.29, 1.82) is 0 Å². The van der Waals surface area contributed by atoms with Crippen LogP contribution in [0.25, 0.3) is 0 Å². The number of hydrogen-bond acceptors (Lipinski definition) is 5. The van der Waals surface area contributed by atoms with E-state index in [4.69, 9.17) is 9.47 Å². The number of methoxy groups -OCH3 is 3. The Morgan fingerprint density at radius 2 is 1.61 bits per heavy atom. The average Bonchev–Trinajstić information content (AvgIpc) is 2.43. The Balaban J connectivity index is 3.04. The summed E-state index contributed by atoms with van der Waals surface area (Å²) in [4.78, 5) is 11.4. The predicted molar refractivity (Wildman–Crippen MR) is 65.7 cm³/mol. The summed E-state index contributed by atoms with van der Waals surface area (Å²) in [5, 5.41) is 10.1. The lowest BCUT2D eigenvalue weighted by molar-refractivity contribution is -0.148. The fourth-order valence-electron chi connectivity index (χ4n) is 1.60. The van der Waals surface area contributed by atoms with E-state index in [1.165, 1.54) is 21.3 Å². The largest absolute Gasteiger partial charge is 0.497 e. The van der Waals surface area contributed by atoms with E-state index >= 15 is 0 Å². The molecular formula is C13H18O5. The molecule has 0 spiro atoms. The second kappa shape index (κ2) is 6.26. The van der Waals surface area contributed by atoms with Gasteiger partial charge in [-0.3, -0.25) is 4.79 Å². The van der Waals surface area contributed by atoms with Crippen LogP contribution in [-0.4, -0.2) is 32.4 Å². The van der Waals surface area contributed by atoms with Gasteiger partial charge in [-0.1, -0.05) is 0 Å². The molecule has 0 aromatic heterocycles. The molecule has 1 aromatic rings. The zero-order valence-electron chi connectivity index (χ0n) is 11.0. The molecule has 0 saturated heterocycles. The van der Waals surface area contributed by atoms with Crippen LogP contribution in [0.15, 0.2) is 18.2 Å². The fourth-order valence-corrected chi connectivity index (χ4v) is 1.60. The Morgan fingerprint density at radius 3 is 2.00 bits per heavy atom. The van der Waals surface area contributed by atoms with E-state index in [2.05, 4.69) is 4.74 Å². The fraction of sp³-hybridized carbons (Fsp3) is 0.462. The first-order valence-electron chi connectivity index (χ1n) is 5.52. The van der Waals surface area contributed by atoms with Gasteiger partial charge in [-0.2, -0.15) is 0 Å². The Hall–Kier alpha value is -1.75. The van der Waals surface area contributed by atoms with E-state index in [1.54, 1.807) is 25.1 Å². The smallest absolute Gasteiger partial charge is 0.311 e. The summed E-state index contributed by atoms with van der Waals surface area (Å²) in [7, 11) is 4.33. The Bertz CT molecular complexity index is 394. The second-order valence-electron chi connectivity index (χ2n) is 3.90. The van der Waals surface area contributed by atoms with Crippen molar-refractivity contribution in [2.45, 2.75) is 13.0 Å². The van der Waals surface area contributed by atoms with Gasteiger partial charge in [-0.15, -0.1) is 0 Å². The lowest BCUT2D eigenvalue weighted by atomic mass is 9.97. The van der Waals surface area contributed by atoms with Crippen molar-refractivity contribution in [2.24, 2.45) is 5.92 Å². The number of aliphatic hydroxyl groups excluding tert-OH is 1. The van der Waals surface area contributed by atoms with Gasteiger partial charge in [0.2, 0.25) is 0 Å². The summed E-state index contributed by atoms with van der Waals surface area (Å²) in [5.41, 5.74) is 0.545. The molecule has 5 nitrogen and oxygen atoms in total. The van der Waals surface area contributed by atoms with Crippen molar-refractivity contribution in [2.75, 3.05) is 21.3 Å². The van der Waals surface area contributed by atoms with E-state index in [0.29, 0.717) is 17.1 Å². The Labute approximate surface area is 106 Å². The molecule has 0 saturated carbocycles. The van der Waals surface area contributed by atoms with Gasteiger partial charge < -0.3 is 19.3 Å². The van der Waals surface area contributed by atoms with Crippen molar-refractivity contribution >= 4 is 5.97 Å². The van der Waals surface area contributed by atoms with Crippen molar-refractivity contribution in [3.63, 3.8) is 0 Å². The number of carbonyl (C=O) groups excluding carboxylic acids is 1. The molecule has 0 aliphatic heterocycles. The Morgan fingerprint density at radius 1 is 1.11 bits per heavy atom. The van der Waals surface area contributed by atoms with Crippen molar-refractivity contribution in [3.05, 3.63) is 23.8 Å². The molecule has 0 radical (unpaired) electrons. The SMILES string of the molecule is COC(=O)C(C)C(O)c1cc(OC)cc(OC)c1. The summed E-state index contributed by atoms with van der Waals surface area (Å²) in [6.45, 7) is 1.60. The third-order valence-corrected chi connectivity index (χ3v) is 2.76. The normalized spacial score (nSPS) is 13.6. The maximum absolute atomic E-state index is 11.4. The number of hydrogen-bond donors (Lipinski definition) is 1. The van der Waals surface area contributed by atoms with E-state index in [-0.39, 0.29) is 0 Å². The van der Waals surface area contributed by atoms with E-state index < -0.39 is 18.0 Å². The van der Waals surface area contributed by atoms with Crippen molar-refractivity contribution in [1.82, 2.24) is 0 Å². The Kier molecular flexibility index (Phi) is 4.97. The highest BCUT2D eigenvalue weighted by Gasteiger charge is 2.25. The van der Waals surface area contributed by atoms with Gasteiger partial charge in [-0.25, -0.2) is 0 Å². The van der Waals surface area contributed by atoms with Gasteiger partial charge in [-0.05, 0) is 24.6 Å². The lowest BCUT2D eigenvalue weighted by Crippen LogP contribution is -2.20. The number of rotatable bonds is 5. The first kappa shape index (κ1) is 14.3. The number of esters is 1. The minimum absolute atomic E-state index is 0.468. The molecule has 1 N–H and O–H groups in total. The quantitative estimate of drug-likeness (QED) is 0.807. The molecule has 1 aromatic carbocycles. The molecule has 0 aliphatic carbocycles. The molecule has 0 fully saturated rings. The third kappa shape index (κ3) is 3.13. The number of ether oxygens (including phenoxy) is 3. The highest BCUT2D eigenvalue weighted by Crippen LogP contribution is 2.30. The van der Waals surface area contributed by atoms with E-state index in [1.807, 2.05) is 0 Å². The first-order valence-corrected chi connectivity index (χ1v) is 5.52. The second-order valence-corrected chi connectivity index (χ2v) is 3.90. The summed E-state index contributed by atoms with van der Waals surface area (Å²) in [6.07, 6.45) is -0.971. The zero-order chi connectivity index (χ0) is 13.7. The van der Waals surface area contributed by atoms with Gasteiger partial charge in [0.25, 0.3) is 0 Å². The highest BCUT2D eigenvalue weighted by molar-refractivity contribution is 5.72. The molecule has 100 valence electrons. The van der Waals surface area contributed by atoms with Crippen LogP contribution in [0.4, 0.5) is 0 Å². The average molecular weight is 254 g/mol. The molecule has 5 heteroatoms. The van der Waals surface area contributed by atoms with Gasteiger partial charge in [0.05, 0.1) is 33.4 Å². The minimum atomic E-state index is -0.971. The van der Waals surface area contributed by atoms with Crippen molar-refractivity contribution < 1.29 is 24.1 Å². The lowest BCUT2D eigenvalue weighted by Gasteiger charge is -2.18. The predicted octanol–water partition coefficient (Wildman–Crippen LogP) is 1.55. The summed E-state index contributed by atoms with van der Waals surface area (Å²) in [6, 6.07) is 5.01. The molecule has 0 bridgehead atoms. The van der Waals surface area contributed by atoms with Crippen LogP contribution in [0.3, 0.4) is 0 Å². The van der Waals surface area contributed by atoms with E-state index in [0.717, 1.165) is 0 Å². The van der Waals surface area contributed by atoms with Gasteiger partial charge in [0.15, 0.2) is 0 Å². The number of carbonyl (C=O) groups is 1. The summed E-state index contributed by atoms with van der Waals surface area (Å²) >= 11 is 0.